The number of hydrogen-bond acceptors (Lipinski definition) is 5. The second kappa shape index (κ2) is 11.6. The maximum absolute atomic E-state index is 12.2. The normalized spacial score (nSPS) is 10.8. The number of benzene rings is 1. The molecule has 0 radical (unpaired) electrons. The van der Waals surface area contributed by atoms with Gasteiger partial charge >= 0.3 is 0 Å². The van der Waals surface area contributed by atoms with Crippen LogP contribution in [0, 0.1) is 0 Å². The Morgan fingerprint density at radius 3 is 2.74 bits per heavy atom. The van der Waals surface area contributed by atoms with Crippen LogP contribution in [0.5, 0.6) is 5.75 Å². The van der Waals surface area contributed by atoms with Crippen LogP contribution < -0.4 is 10.1 Å². The second-order valence-corrected chi connectivity index (χ2v) is 7.32. The fourth-order valence-electron chi connectivity index (χ4n) is 2.84. The van der Waals surface area contributed by atoms with Gasteiger partial charge in [-0.05, 0) is 25.5 Å². The summed E-state index contributed by atoms with van der Waals surface area (Å²) < 4.78 is 7.29. The summed E-state index contributed by atoms with van der Waals surface area (Å²) in [6.07, 6.45) is 7.15. The van der Waals surface area contributed by atoms with Gasteiger partial charge < -0.3 is 14.6 Å². The van der Waals surface area contributed by atoms with Crippen LogP contribution >= 0.6 is 11.8 Å². The number of amides is 1. The molecule has 0 unspecified atom stereocenters. The molecule has 0 spiro atoms. The standard InChI is InChI=1S/C20H30N4O2S/c1-4-6-7-8-9-13-18-22-23-20(24(18)5-2)27-15-19(25)21-16-11-10-12-17(14-16)26-3/h10-12,14H,4-9,13,15H2,1-3H3,(H,21,25). The molecule has 0 aliphatic rings. The smallest absolute Gasteiger partial charge is 0.234 e. The molecular weight excluding hydrogens is 360 g/mol. The van der Waals surface area contributed by atoms with Crippen molar-refractivity contribution in [3.8, 4) is 5.75 Å². The van der Waals surface area contributed by atoms with Gasteiger partial charge in [0, 0.05) is 24.7 Å². The molecule has 0 fully saturated rings. The number of anilines is 1. The summed E-state index contributed by atoms with van der Waals surface area (Å²) in [7, 11) is 1.61. The summed E-state index contributed by atoms with van der Waals surface area (Å²) in [6, 6.07) is 7.34. The van der Waals surface area contributed by atoms with E-state index in [0.717, 1.165) is 41.8 Å². The maximum Gasteiger partial charge on any atom is 0.234 e. The lowest BCUT2D eigenvalue weighted by molar-refractivity contribution is -0.113. The molecule has 27 heavy (non-hydrogen) atoms. The van der Waals surface area contributed by atoms with E-state index in [0.29, 0.717) is 5.75 Å². The number of unbranched alkanes of at least 4 members (excludes halogenated alkanes) is 4. The number of aromatic nitrogens is 3. The molecule has 1 heterocycles. The van der Waals surface area contributed by atoms with E-state index in [-0.39, 0.29) is 5.91 Å². The Hall–Kier alpha value is -2.02. The third kappa shape index (κ3) is 6.90. The SMILES string of the molecule is CCCCCCCc1nnc(SCC(=O)Nc2cccc(OC)c2)n1CC. The first-order chi connectivity index (χ1) is 13.2. The summed E-state index contributed by atoms with van der Waals surface area (Å²) in [5, 5.41) is 12.3. The molecule has 0 bridgehead atoms. The zero-order valence-electron chi connectivity index (χ0n) is 16.5. The minimum absolute atomic E-state index is 0.0694. The molecule has 2 aromatic rings. The average Bonchev–Trinajstić information content (AvgIpc) is 3.08. The first-order valence-corrected chi connectivity index (χ1v) is 10.6. The average molecular weight is 391 g/mol. The van der Waals surface area contributed by atoms with Gasteiger partial charge in [0.05, 0.1) is 12.9 Å². The van der Waals surface area contributed by atoms with Crippen LogP contribution in [0.15, 0.2) is 29.4 Å². The number of hydrogen-bond donors (Lipinski definition) is 1. The highest BCUT2D eigenvalue weighted by Gasteiger charge is 2.13. The molecule has 0 aliphatic heterocycles. The molecule has 0 aliphatic carbocycles. The predicted octanol–water partition coefficient (Wildman–Crippen LogP) is 4.55. The summed E-state index contributed by atoms with van der Waals surface area (Å²) >= 11 is 1.42. The topological polar surface area (TPSA) is 69.0 Å². The van der Waals surface area contributed by atoms with Gasteiger partial charge in [-0.15, -0.1) is 10.2 Å². The molecule has 0 atom stereocenters. The van der Waals surface area contributed by atoms with Crippen molar-refractivity contribution in [2.75, 3.05) is 18.2 Å². The highest BCUT2D eigenvalue weighted by atomic mass is 32.2. The molecular formula is C20H30N4O2S. The van der Waals surface area contributed by atoms with E-state index in [1.165, 1.54) is 37.4 Å². The van der Waals surface area contributed by atoms with Crippen molar-refractivity contribution in [3.05, 3.63) is 30.1 Å². The summed E-state index contributed by atoms with van der Waals surface area (Å²) in [5.74, 6) is 1.96. The van der Waals surface area contributed by atoms with Gasteiger partial charge in [0.1, 0.15) is 11.6 Å². The minimum atomic E-state index is -0.0694. The van der Waals surface area contributed by atoms with Crippen LogP contribution in [0.3, 0.4) is 0 Å². The van der Waals surface area contributed by atoms with Crippen molar-refractivity contribution < 1.29 is 9.53 Å². The Morgan fingerprint density at radius 2 is 2.00 bits per heavy atom. The molecule has 7 heteroatoms. The number of methoxy groups -OCH3 is 1. The first kappa shape index (κ1) is 21.3. The quantitative estimate of drug-likeness (QED) is 0.425. The Balaban J connectivity index is 1.84. The van der Waals surface area contributed by atoms with Crippen LogP contribution in [0.1, 0.15) is 51.8 Å². The largest absolute Gasteiger partial charge is 0.497 e. The number of ether oxygens (including phenoxy) is 1. The first-order valence-electron chi connectivity index (χ1n) is 9.66. The van der Waals surface area contributed by atoms with Gasteiger partial charge in [-0.3, -0.25) is 4.79 Å². The van der Waals surface area contributed by atoms with Gasteiger partial charge in [0.25, 0.3) is 0 Å². The third-order valence-electron chi connectivity index (χ3n) is 4.30. The lowest BCUT2D eigenvalue weighted by Gasteiger charge is -2.08. The van der Waals surface area contributed by atoms with E-state index >= 15 is 0 Å². The summed E-state index contributed by atoms with van der Waals surface area (Å²) in [4.78, 5) is 12.2. The fraction of sp³-hybridized carbons (Fsp3) is 0.550. The third-order valence-corrected chi connectivity index (χ3v) is 5.27. The zero-order valence-corrected chi connectivity index (χ0v) is 17.3. The van der Waals surface area contributed by atoms with Crippen molar-refractivity contribution in [1.82, 2.24) is 14.8 Å². The van der Waals surface area contributed by atoms with Gasteiger partial charge in [0.15, 0.2) is 5.16 Å². The van der Waals surface area contributed by atoms with Gasteiger partial charge in [-0.25, -0.2) is 0 Å². The number of nitrogens with zero attached hydrogens (tertiary/aromatic N) is 3. The monoisotopic (exact) mass is 390 g/mol. The van der Waals surface area contributed by atoms with Gasteiger partial charge in [0.2, 0.25) is 5.91 Å². The van der Waals surface area contributed by atoms with Crippen molar-refractivity contribution in [1.29, 1.82) is 0 Å². The maximum atomic E-state index is 12.2. The number of aryl methyl sites for hydroxylation is 1. The van der Waals surface area contributed by atoms with Crippen molar-refractivity contribution >= 4 is 23.4 Å². The number of rotatable bonds is 12. The van der Waals surface area contributed by atoms with E-state index in [1.807, 2.05) is 18.2 Å². The zero-order chi connectivity index (χ0) is 19.5. The number of carbonyl (C=O) groups is 1. The van der Waals surface area contributed by atoms with Crippen molar-refractivity contribution in [3.63, 3.8) is 0 Å². The Bertz CT molecular complexity index is 718. The van der Waals surface area contributed by atoms with E-state index < -0.39 is 0 Å². The summed E-state index contributed by atoms with van der Waals surface area (Å²) in [5.41, 5.74) is 0.727. The minimum Gasteiger partial charge on any atom is -0.497 e. The van der Waals surface area contributed by atoms with E-state index in [4.69, 9.17) is 4.74 Å². The number of nitrogens with one attached hydrogen (secondary N) is 1. The van der Waals surface area contributed by atoms with Crippen molar-refractivity contribution in [2.45, 2.75) is 64.1 Å². The van der Waals surface area contributed by atoms with E-state index in [1.54, 1.807) is 13.2 Å². The van der Waals surface area contributed by atoms with Crippen LogP contribution in [0.4, 0.5) is 5.69 Å². The number of thioether (sulfide) groups is 1. The van der Waals surface area contributed by atoms with E-state index in [2.05, 4.69) is 33.9 Å². The molecule has 6 nitrogen and oxygen atoms in total. The van der Waals surface area contributed by atoms with Crippen LogP contribution in [-0.4, -0.2) is 33.5 Å². The lowest BCUT2D eigenvalue weighted by Crippen LogP contribution is -2.14. The Labute approximate surface area is 166 Å². The molecule has 1 amide bonds. The van der Waals surface area contributed by atoms with Crippen LogP contribution in [0.25, 0.3) is 0 Å². The van der Waals surface area contributed by atoms with Crippen molar-refractivity contribution in [2.24, 2.45) is 0 Å². The van der Waals surface area contributed by atoms with E-state index in [9.17, 15) is 4.79 Å². The molecule has 1 aromatic heterocycles. The Kier molecular flexibility index (Phi) is 9.18. The van der Waals surface area contributed by atoms with Crippen LogP contribution in [-0.2, 0) is 17.8 Å². The molecule has 0 saturated heterocycles. The highest BCUT2D eigenvalue weighted by Crippen LogP contribution is 2.20. The van der Waals surface area contributed by atoms with Gasteiger partial charge in [-0.1, -0.05) is 50.4 Å². The second-order valence-electron chi connectivity index (χ2n) is 6.38. The Morgan fingerprint density at radius 1 is 1.19 bits per heavy atom. The molecule has 148 valence electrons. The lowest BCUT2D eigenvalue weighted by atomic mass is 10.1. The predicted molar refractivity (Wildman–Crippen MR) is 111 cm³/mol. The molecule has 1 N–H and O–H groups in total. The number of carbonyl (C=O) groups excluding carboxylic acids is 1. The van der Waals surface area contributed by atoms with Crippen LogP contribution in [0.2, 0.25) is 0 Å². The summed E-state index contributed by atoms with van der Waals surface area (Å²) in [6.45, 7) is 5.13. The molecule has 2 rings (SSSR count). The van der Waals surface area contributed by atoms with Gasteiger partial charge in [-0.2, -0.15) is 0 Å². The highest BCUT2D eigenvalue weighted by molar-refractivity contribution is 7.99. The molecule has 0 saturated carbocycles. The molecule has 1 aromatic carbocycles. The fourth-order valence-corrected chi connectivity index (χ4v) is 3.66.